The summed E-state index contributed by atoms with van der Waals surface area (Å²) in [5.74, 6) is 0. The maximum atomic E-state index is 12.3. The van der Waals surface area contributed by atoms with Crippen LogP contribution in [0.2, 0.25) is 0 Å². The monoisotopic (exact) mass is 325 g/mol. The lowest BCUT2D eigenvalue weighted by molar-refractivity contribution is 0.00972. The van der Waals surface area contributed by atoms with Crippen molar-refractivity contribution in [2.24, 2.45) is 0 Å². The van der Waals surface area contributed by atoms with Crippen LogP contribution in [-0.4, -0.2) is 52.7 Å². The minimum absolute atomic E-state index is 0.201. The SMILES string of the molecule is C[C@@H](c1nccs1)N(C)[C@H]1CCCN(C(=O)OC(C)(C)C)C1. The molecular weight excluding hydrogens is 298 g/mol. The van der Waals surface area contributed by atoms with E-state index in [4.69, 9.17) is 4.74 Å². The van der Waals surface area contributed by atoms with Gasteiger partial charge in [-0.15, -0.1) is 11.3 Å². The van der Waals surface area contributed by atoms with Gasteiger partial charge in [0.15, 0.2) is 0 Å². The van der Waals surface area contributed by atoms with Crippen LogP contribution in [0.3, 0.4) is 0 Å². The van der Waals surface area contributed by atoms with E-state index in [-0.39, 0.29) is 12.1 Å². The highest BCUT2D eigenvalue weighted by Crippen LogP contribution is 2.26. The van der Waals surface area contributed by atoms with Gasteiger partial charge in [0.2, 0.25) is 0 Å². The Kier molecular flexibility index (Phi) is 5.45. The molecule has 1 aliphatic rings. The number of thiazole rings is 1. The molecule has 2 atom stereocenters. The molecule has 0 radical (unpaired) electrons. The van der Waals surface area contributed by atoms with Crippen molar-refractivity contribution in [2.45, 2.75) is 58.2 Å². The fraction of sp³-hybridized carbons (Fsp3) is 0.750. The number of likely N-dealkylation sites (tertiary alicyclic amines) is 1. The summed E-state index contributed by atoms with van der Waals surface area (Å²) in [5, 5.41) is 3.13. The normalized spacial score (nSPS) is 21.0. The van der Waals surface area contributed by atoms with Crippen LogP contribution >= 0.6 is 11.3 Å². The van der Waals surface area contributed by atoms with Crippen molar-refractivity contribution in [3.8, 4) is 0 Å². The number of rotatable bonds is 3. The smallest absolute Gasteiger partial charge is 0.410 e. The van der Waals surface area contributed by atoms with Crippen molar-refractivity contribution in [3.05, 3.63) is 16.6 Å². The van der Waals surface area contributed by atoms with E-state index in [1.165, 1.54) is 0 Å². The number of piperidine rings is 1. The van der Waals surface area contributed by atoms with E-state index in [0.717, 1.165) is 30.9 Å². The lowest BCUT2D eigenvalue weighted by atomic mass is 10.0. The molecule has 1 aliphatic heterocycles. The molecule has 0 N–H and O–H groups in total. The van der Waals surface area contributed by atoms with Crippen LogP contribution in [0.25, 0.3) is 0 Å². The number of carbonyl (C=O) groups excluding carboxylic acids is 1. The maximum Gasteiger partial charge on any atom is 0.410 e. The fourth-order valence-electron chi connectivity index (χ4n) is 2.71. The Morgan fingerprint density at radius 1 is 1.55 bits per heavy atom. The first kappa shape index (κ1) is 17.2. The topological polar surface area (TPSA) is 45.7 Å². The Bertz CT molecular complexity index is 484. The average molecular weight is 325 g/mol. The van der Waals surface area contributed by atoms with Crippen molar-refractivity contribution in [1.82, 2.24) is 14.8 Å². The van der Waals surface area contributed by atoms with Crippen LogP contribution in [0, 0.1) is 0 Å². The summed E-state index contributed by atoms with van der Waals surface area (Å²) in [6.45, 7) is 9.40. The fourth-order valence-corrected chi connectivity index (χ4v) is 3.46. The van der Waals surface area contributed by atoms with Crippen molar-refractivity contribution in [3.63, 3.8) is 0 Å². The number of amides is 1. The Morgan fingerprint density at radius 2 is 2.27 bits per heavy atom. The van der Waals surface area contributed by atoms with Gasteiger partial charge in [0.1, 0.15) is 10.6 Å². The Hall–Kier alpha value is -1.14. The second-order valence-electron chi connectivity index (χ2n) is 6.93. The molecule has 5 nitrogen and oxygen atoms in total. The van der Waals surface area contributed by atoms with Gasteiger partial charge in [-0.25, -0.2) is 9.78 Å². The second-order valence-corrected chi connectivity index (χ2v) is 7.86. The number of carbonyl (C=O) groups is 1. The minimum Gasteiger partial charge on any atom is -0.444 e. The molecule has 0 saturated carbocycles. The summed E-state index contributed by atoms with van der Waals surface area (Å²) in [4.78, 5) is 20.8. The van der Waals surface area contributed by atoms with Crippen LogP contribution in [0.15, 0.2) is 11.6 Å². The molecule has 1 amide bonds. The molecule has 1 fully saturated rings. The summed E-state index contributed by atoms with van der Waals surface area (Å²) >= 11 is 1.68. The van der Waals surface area contributed by atoms with Crippen molar-refractivity contribution in [2.75, 3.05) is 20.1 Å². The first-order valence-electron chi connectivity index (χ1n) is 7.87. The minimum atomic E-state index is -0.440. The molecular formula is C16H27N3O2S. The third kappa shape index (κ3) is 4.43. The van der Waals surface area contributed by atoms with E-state index in [1.807, 2.05) is 37.2 Å². The van der Waals surface area contributed by atoms with Crippen molar-refractivity contribution in [1.29, 1.82) is 0 Å². The number of aromatic nitrogens is 1. The van der Waals surface area contributed by atoms with Crippen LogP contribution < -0.4 is 0 Å². The van der Waals surface area contributed by atoms with E-state index in [1.54, 1.807) is 11.3 Å². The van der Waals surface area contributed by atoms with Gasteiger partial charge in [0, 0.05) is 30.7 Å². The first-order chi connectivity index (χ1) is 10.3. The molecule has 1 aromatic rings. The number of likely N-dealkylation sites (N-methyl/N-ethyl adjacent to an activating group) is 1. The zero-order valence-corrected chi connectivity index (χ0v) is 15.0. The van der Waals surface area contributed by atoms with Gasteiger partial charge in [0.25, 0.3) is 0 Å². The molecule has 1 saturated heterocycles. The van der Waals surface area contributed by atoms with E-state index in [0.29, 0.717) is 6.04 Å². The highest BCUT2D eigenvalue weighted by Gasteiger charge is 2.31. The van der Waals surface area contributed by atoms with Crippen LogP contribution in [0.1, 0.15) is 51.6 Å². The summed E-state index contributed by atoms with van der Waals surface area (Å²) in [6, 6.07) is 0.615. The van der Waals surface area contributed by atoms with Gasteiger partial charge in [-0.3, -0.25) is 4.90 Å². The maximum absolute atomic E-state index is 12.3. The number of hydrogen-bond donors (Lipinski definition) is 0. The van der Waals surface area contributed by atoms with E-state index < -0.39 is 5.60 Å². The molecule has 124 valence electrons. The van der Waals surface area contributed by atoms with Gasteiger partial charge < -0.3 is 9.64 Å². The lowest BCUT2D eigenvalue weighted by Gasteiger charge is -2.40. The summed E-state index contributed by atoms with van der Waals surface area (Å²) in [6.07, 6.45) is 3.76. The predicted molar refractivity (Wildman–Crippen MR) is 89.1 cm³/mol. The third-order valence-corrected chi connectivity index (χ3v) is 4.99. The summed E-state index contributed by atoms with van der Waals surface area (Å²) in [7, 11) is 2.12. The molecule has 0 unspecified atom stereocenters. The molecule has 0 bridgehead atoms. The lowest BCUT2D eigenvalue weighted by Crippen LogP contribution is -2.50. The molecule has 0 spiro atoms. The molecule has 2 rings (SSSR count). The highest BCUT2D eigenvalue weighted by atomic mass is 32.1. The molecule has 0 aliphatic carbocycles. The van der Waals surface area contributed by atoms with Crippen LogP contribution in [0.5, 0.6) is 0 Å². The van der Waals surface area contributed by atoms with Crippen molar-refractivity contribution >= 4 is 17.4 Å². The number of hydrogen-bond acceptors (Lipinski definition) is 5. The van der Waals surface area contributed by atoms with Crippen LogP contribution in [0.4, 0.5) is 4.79 Å². The van der Waals surface area contributed by atoms with Gasteiger partial charge in [-0.05, 0) is 47.6 Å². The summed E-state index contributed by atoms with van der Waals surface area (Å²) < 4.78 is 5.50. The van der Waals surface area contributed by atoms with E-state index in [2.05, 4.69) is 23.9 Å². The molecule has 6 heteroatoms. The average Bonchev–Trinajstić information content (AvgIpc) is 2.98. The van der Waals surface area contributed by atoms with Gasteiger partial charge >= 0.3 is 6.09 Å². The van der Waals surface area contributed by atoms with Gasteiger partial charge in [0.05, 0.1) is 6.04 Å². The molecule has 0 aromatic carbocycles. The third-order valence-electron chi connectivity index (χ3n) is 4.04. The second kappa shape index (κ2) is 6.96. The molecule has 2 heterocycles. The largest absolute Gasteiger partial charge is 0.444 e. The van der Waals surface area contributed by atoms with Gasteiger partial charge in [-0.2, -0.15) is 0 Å². The zero-order valence-electron chi connectivity index (χ0n) is 14.2. The van der Waals surface area contributed by atoms with Crippen molar-refractivity contribution < 1.29 is 9.53 Å². The number of nitrogens with zero attached hydrogens (tertiary/aromatic N) is 3. The standard InChI is InChI=1S/C16H27N3O2S/c1-12(14-17-8-10-22-14)18(5)13-7-6-9-19(11-13)15(20)21-16(2,3)4/h8,10,12-13H,6-7,9,11H2,1-5H3/t12-,13-/m0/s1. The van der Waals surface area contributed by atoms with E-state index in [9.17, 15) is 4.79 Å². The van der Waals surface area contributed by atoms with Crippen LogP contribution in [-0.2, 0) is 4.74 Å². The number of ether oxygens (including phenoxy) is 1. The Balaban J connectivity index is 1.96. The first-order valence-corrected chi connectivity index (χ1v) is 8.75. The quantitative estimate of drug-likeness (QED) is 0.853. The molecule has 1 aromatic heterocycles. The zero-order chi connectivity index (χ0) is 16.3. The molecule has 22 heavy (non-hydrogen) atoms. The Labute approximate surface area is 137 Å². The predicted octanol–water partition coefficient (Wildman–Crippen LogP) is 3.54. The summed E-state index contributed by atoms with van der Waals surface area (Å²) in [5.41, 5.74) is -0.440. The van der Waals surface area contributed by atoms with E-state index >= 15 is 0 Å². The Morgan fingerprint density at radius 3 is 2.86 bits per heavy atom. The van der Waals surface area contributed by atoms with Gasteiger partial charge in [-0.1, -0.05) is 0 Å². The highest BCUT2D eigenvalue weighted by molar-refractivity contribution is 7.09.